The first-order valence-electron chi connectivity index (χ1n) is 5.84. The van der Waals surface area contributed by atoms with Gasteiger partial charge in [-0.05, 0) is 23.4 Å². The second-order valence-corrected chi connectivity index (χ2v) is 4.57. The number of hydrogen-bond acceptors (Lipinski definition) is 5. The van der Waals surface area contributed by atoms with Crippen LogP contribution in [0, 0.1) is 0 Å². The molecule has 1 unspecified atom stereocenters. The largest absolute Gasteiger partial charge is 0.498 e. The minimum absolute atomic E-state index is 0.0956. The fourth-order valence-electron chi connectivity index (χ4n) is 2.33. The van der Waals surface area contributed by atoms with Gasteiger partial charge in [0.1, 0.15) is 18.5 Å². The summed E-state index contributed by atoms with van der Waals surface area (Å²) in [5.41, 5.74) is 1.93. The SMILES string of the molecule is OC[C@@H]1COc2cccc3c2B(OC3CNCl)O1. The smallest absolute Gasteiger partial charge is 0.491 e. The zero-order valence-corrected chi connectivity index (χ0v) is 10.4. The molecule has 2 aliphatic rings. The van der Waals surface area contributed by atoms with Gasteiger partial charge >= 0.3 is 7.12 Å². The third-order valence-electron chi connectivity index (χ3n) is 3.18. The molecule has 1 aromatic rings. The summed E-state index contributed by atoms with van der Waals surface area (Å²) in [6, 6.07) is 5.78. The summed E-state index contributed by atoms with van der Waals surface area (Å²) < 4.78 is 17.2. The second-order valence-electron chi connectivity index (χ2n) is 4.31. The number of ether oxygens (including phenoxy) is 1. The molecule has 0 radical (unpaired) electrons. The highest BCUT2D eigenvalue weighted by molar-refractivity contribution is 6.64. The van der Waals surface area contributed by atoms with Crippen LogP contribution in [0.4, 0.5) is 0 Å². The fraction of sp³-hybridized carbons (Fsp3) is 0.455. The van der Waals surface area contributed by atoms with Gasteiger partial charge in [0.2, 0.25) is 0 Å². The summed E-state index contributed by atoms with van der Waals surface area (Å²) in [5.74, 6) is 0.755. The van der Waals surface area contributed by atoms with E-state index in [1.165, 1.54) is 0 Å². The fourth-order valence-corrected chi connectivity index (χ4v) is 2.47. The predicted molar refractivity (Wildman–Crippen MR) is 67.0 cm³/mol. The Hall–Kier alpha value is -0.785. The quantitative estimate of drug-likeness (QED) is 0.596. The van der Waals surface area contributed by atoms with Crippen molar-refractivity contribution in [1.29, 1.82) is 0 Å². The van der Waals surface area contributed by atoms with E-state index in [1.54, 1.807) is 0 Å². The van der Waals surface area contributed by atoms with Gasteiger partial charge in [0.15, 0.2) is 0 Å². The van der Waals surface area contributed by atoms with Crippen molar-refractivity contribution in [2.24, 2.45) is 0 Å². The Morgan fingerprint density at radius 3 is 3.11 bits per heavy atom. The maximum Gasteiger partial charge on any atom is 0.498 e. The minimum atomic E-state index is -0.495. The van der Waals surface area contributed by atoms with E-state index in [9.17, 15) is 5.11 Å². The normalized spacial score (nSPS) is 25.6. The molecule has 5 nitrogen and oxygen atoms in total. The van der Waals surface area contributed by atoms with Crippen molar-refractivity contribution in [3.8, 4) is 5.75 Å². The Labute approximate surface area is 110 Å². The number of nitrogens with one attached hydrogen (secondary N) is 1. The van der Waals surface area contributed by atoms with Gasteiger partial charge in [0.05, 0.1) is 12.7 Å². The first-order valence-corrected chi connectivity index (χ1v) is 6.22. The highest BCUT2D eigenvalue weighted by atomic mass is 35.5. The maximum atomic E-state index is 9.20. The molecule has 2 N–H and O–H groups in total. The topological polar surface area (TPSA) is 60.0 Å². The van der Waals surface area contributed by atoms with Crippen LogP contribution in [0.3, 0.4) is 0 Å². The summed E-state index contributed by atoms with van der Waals surface area (Å²) in [6.07, 6.45) is -0.540. The molecule has 0 spiro atoms. The van der Waals surface area contributed by atoms with Crippen molar-refractivity contribution in [1.82, 2.24) is 4.84 Å². The highest BCUT2D eigenvalue weighted by Crippen LogP contribution is 2.30. The van der Waals surface area contributed by atoms with E-state index in [1.807, 2.05) is 18.2 Å². The summed E-state index contributed by atoms with van der Waals surface area (Å²) in [4.78, 5) is 2.58. The molecule has 3 rings (SSSR count). The van der Waals surface area contributed by atoms with Crippen LogP contribution in [-0.2, 0) is 9.31 Å². The molecule has 2 atom stereocenters. The van der Waals surface area contributed by atoms with E-state index in [2.05, 4.69) is 4.84 Å². The number of hydrogen-bond donors (Lipinski definition) is 2. The average Bonchev–Trinajstić information content (AvgIpc) is 2.63. The Kier molecular flexibility index (Phi) is 3.45. The zero-order valence-electron chi connectivity index (χ0n) is 9.64. The molecule has 0 aliphatic carbocycles. The van der Waals surface area contributed by atoms with Crippen molar-refractivity contribution < 1.29 is 19.2 Å². The van der Waals surface area contributed by atoms with Gasteiger partial charge < -0.3 is 19.2 Å². The van der Waals surface area contributed by atoms with Crippen LogP contribution < -0.4 is 15.0 Å². The lowest BCUT2D eigenvalue weighted by atomic mass is 9.77. The molecule has 1 aromatic carbocycles. The van der Waals surface area contributed by atoms with Crippen molar-refractivity contribution in [3.63, 3.8) is 0 Å². The van der Waals surface area contributed by atoms with Gasteiger partial charge in [-0.1, -0.05) is 12.1 Å². The predicted octanol–water partition coefficient (Wildman–Crippen LogP) is -0.0336. The van der Waals surface area contributed by atoms with Crippen molar-refractivity contribution in [3.05, 3.63) is 23.8 Å². The van der Waals surface area contributed by atoms with E-state index in [-0.39, 0.29) is 18.8 Å². The molecule has 0 saturated heterocycles. The first-order chi connectivity index (χ1) is 8.83. The van der Waals surface area contributed by atoms with Crippen LogP contribution in [0.15, 0.2) is 18.2 Å². The van der Waals surface area contributed by atoms with E-state index in [0.29, 0.717) is 13.2 Å². The lowest BCUT2D eigenvalue weighted by Gasteiger charge is -2.17. The molecule has 7 heteroatoms. The number of benzene rings is 1. The number of halogens is 1. The van der Waals surface area contributed by atoms with Gasteiger partial charge in [-0.25, -0.2) is 4.84 Å². The molecular formula is C11H13BClNO4. The van der Waals surface area contributed by atoms with Crippen LogP contribution in [0.5, 0.6) is 5.75 Å². The Morgan fingerprint density at radius 1 is 1.44 bits per heavy atom. The third-order valence-corrected chi connectivity index (χ3v) is 3.33. The number of aliphatic hydroxyl groups is 1. The monoisotopic (exact) mass is 269 g/mol. The molecule has 96 valence electrons. The molecule has 0 fully saturated rings. The van der Waals surface area contributed by atoms with E-state index < -0.39 is 7.12 Å². The summed E-state index contributed by atoms with van der Waals surface area (Å²) in [6.45, 7) is 0.717. The summed E-state index contributed by atoms with van der Waals surface area (Å²) in [7, 11) is -0.495. The zero-order chi connectivity index (χ0) is 12.5. The third kappa shape index (κ3) is 2.00. The molecule has 2 aliphatic heterocycles. The first kappa shape index (κ1) is 12.3. The van der Waals surface area contributed by atoms with Gasteiger partial charge in [-0.2, -0.15) is 0 Å². The van der Waals surface area contributed by atoms with Crippen molar-refractivity contribution in [2.45, 2.75) is 12.2 Å². The molecule has 0 aromatic heterocycles. The molecule has 0 amide bonds. The van der Waals surface area contributed by atoms with Gasteiger partial charge in [-0.15, -0.1) is 0 Å². The van der Waals surface area contributed by atoms with Gasteiger partial charge in [0.25, 0.3) is 0 Å². The summed E-state index contributed by atoms with van der Waals surface area (Å²) >= 11 is 5.54. The second kappa shape index (κ2) is 5.07. The minimum Gasteiger partial charge on any atom is -0.491 e. The summed E-state index contributed by atoms with van der Waals surface area (Å²) in [5, 5.41) is 9.20. The Bertz CT molecular complexity index is 447. The molecule has 18 heavy (non-hydrogen) atoms. The molecule has 0 saturated carbocycles. The van der Waals surface area contributed by atoms with Crippen molar-refractivity contribution >= 4 is 24.4 Å². The van der Waals surface area contributed by atoms with Gasteiger partial charge in [0, 0.05) is 12.0 Å². The van der Waals surface area contributed by atoms with Crippen LogP contribution in [0.1, 0.15) is 11.7 Å². The Balaban J connectivity index is 1.97. The maximum absolute atomic E-state index is 9.20. The van der Waals surface area contributed by atoms with Crippen LogP contribution in [0.25, 0.3) is 0 Å². The Morgan fingerprint density at radius 2 is 2.33 bits per heavy atom. The molecular weight excluding hydrogens is 256 g/mol. The van der Waals surface area contributed by atoms with Crippen LogP contribution in [-0.4, -0.2) is 38.1 Å². The van der Waals surface area contributed by atoms with E-state index >= 15 is 0 Å². The molecule has 0 bridgehead atoms. The van der Waals surface area contributed by atoms with Crippen LogP contribution in [0.2, 0.25) is 0 Å². The highest BCUT2D eigenvalue weighted by Gasteiger charge is 2.43. The standard InChI is InChI=1S/C11H13BClNO4/c13-14-4-10-8-2-1-3-9-11(8)12(18-10)17-7(5-15)6-16-9/h1-3,7,10,14-15H,4-6H2/t7-,10?/m1/s1. The lowest BCUT2D eigenvalue weighted by Crippen LogP contribution is -2.36. The lowest BCUT2D eigenvalue weighted by molar-refractivity contribution is 0.0494. The molecule has 2 heterocycles. The van der Waals surface area contributed by atoms with Gasteiger partial charge in [-0.3, -0.25) is 0 Å². The number of aliphatic hydroxyl groups excluding tert-OH is 1. The van der Waals surface area contributed by atoms with E-state index in [0.717, 1.165) is 16.8 Å². The van der Waals surface area contributed by atoms with Crippen LogP contribution >= 0.6 is 11.8 Å². The van der Waals surface area contributed by atoms with E-state index in [4.69, 9.17) is 25.8 Å². The number of rotatable bonds is 3. The average molecular weight is 269 g/mol. The van der Waals surface area contributed by atoms with Crippen molar-refractivity contribution in [2.75, 3.05) is 19.8 Å².